The SMILES string of the molecule is Cl.O=C(NS(=O)(=O)c1cc[nH]c1C(=O)OCc1ccccc1)OCc1ccccc1. The molecule has 0 fully saturated rings. The van der Waals surface area contributed by atoms with E-state index in [2.05, 4.69) is 4.98 Å². The third-order valence-electron chi connectivity index (χ3n) is 3.85. The molecule has 2 aromatic carbocycles. The van der Waals surface area contributed by atoms with Gasteiger partial charge in [-0.25, -0.2) is 22.7 Å². The summed E-state index contributed by atoms with van der Waals surface area (Å²) in [6.45, 7) is -0.119. The summed E-state index contributed by atoms with van der Waals surface area (Å²) in [6.07, 6.45) is 0.113. The van der Waals surface area contributed by atoms with Crippen LogP contribution in [0.5, 0.6) is 0 Å². The Bertz CT molecular complexity index is 1080. The van der Waals surface area contributed by atoms with Crippen molar-refractivity contribution in [1.29, 1.82) is 0 Å². The molecule has 0 radical (unpaired) electrons. The van der Waals surface area contributed by atoms with Crippen LogP contribution < -0.4 is 4.72 Å². The quantitative estimate of drug-likeness (QED) is 0.533. The molecule has 0 aliphatic carbocycles. The predicted octanol–water partition coefficient (Wildman–Crippen LogP) is 3.41. The summed E-state index contributed by atoms with van der Waals surface area (Å²) in [5, 5.41) is 0. The molecule has 0 atom stereocenters. The minimum Gasteiger partial charge on any atom is -0.456 e. The molecule has 3 aromatic rings. The molecule has 0 spiro atoms. The molecule has 0 aliphatic rings. The second-order valence-corrected chi connectivity index (χ2v) is 7.60. The van der Waals surface area contributed by atoms with Gasteiger partial charge < -0.3 is 14.5 Å². The zero-order chi connectivity index (χ0) is 20.7. The van der Waals surface area contributed by atoms with Gasteiger partial charge in [-0.1, -0.05) is 60.7 Å². The van der Waals surface area contributed by atoms with E-state index in [0.717, 1.165) is 11.6 Å². The van der Waals surface area contributed by atoms with Crippen molar-refractivity contribution in [2.75, 3.05) is 0 Å². The number of sulfonamides is 1. The van der Waals surface area contributed by atoms with E-state index in [-0.39, 0.29) is 31.3 Å². The molecule has 1 heterocycles. The molecule has 3 rings (SSSR count). The predicted molar refractivity (Wildman–Crippen MR) is 111 cm³/mol. The number of rotatable bonds is 7. The van der Waals surface area contributed by atoms with E-state index in [1.165, 1.54) is 6.20 Å². The lowest BCUT2D eigenvalue weighted by atomic mass is 10.2. The molecule has 0 aliphatic heterocycles. The van der Waals surface area contributed by atoms with Crippen LogP contribution in [0.15, 0.2) is 77.8 Å². The maximum absolute atomic E-state index is 12.5. The number of benzene rings is 2. The van der Waals surface area contributed by atoms with Crippen LogP contribution in [0.3, 0.4) is 0 Å². The molecular weight excluding hydrogens is 432 g/mol. The van der Waals surface area contributed by atoms with Crippen LogP contribution >= 0.6 is 12.4 Å². The number of esters is 1. The highest BCUT2D eigenvalue weighted by molar-refractivity contribution is 7.90. The first-order valence-electron chi connectivity index (χ1n) is 8.57. The molecule has 0 bridgehead atoms. The molecule has 158 valence electrons. The summed E-state index contributed by atoms with van der Waals surface area (Å²) < 4.78 is 36.8. The van der Waals surface area contributed by atoms with Crippen LogP contribution in [0.25, 0.3) is 0 Å². The Hall–Kier alpha value is -3.30. The Morgan fingerprint density at radius 2 is 1.37 bits per heavy atom. The summed E-state index contributed by atoms with van der Waals surface area (Å²) >= 11 is 0. The van der Waals surface area contributed by atoms with Crippen molar-refractivity contribution >= 4 is 34.5 Å². The Balaban J connectivity index is 0.00000320. The van der Waals surface area contributed by atoms with Gasteiger partial charge in [0.05, 0.1) is 0 Å². The van der Waals surface area contributed by atoms with E-state index in [1.54, 1.807) is 59.3 Å². The van der Waals surface area contributed by atoms with Gasteiger partial charge in [-0.15, -0.1) is 12.4 Å². The first-order chi connectivity index (χ1) is 14.0. The first kappa shape index (κ1) is 23.0. The van der Waals surface area contributed by atoms with Crippen molar-refractivity contribution in [2.24, 2.45) is 0 Å². The van der Waals surface area contributed by atoms with Crippen LogP contribution in [0.4, 0.5) is 4.79 Å². The van der Waals surface area contributed by atoms with Crippen LogP contribution in [0, 0.1) is 0 Å². The fourth-order valence-electron chi connectivity index (χ4n) is 2.45. The topological polar surface area (TPSA) is 115 Å². The number of amides is 1. The maximum atomic E-state index is 12.5. The Kier molecular flexibility index (Phi) is 8.02. The first-order valence-corrected chi connectivity index (χ1v) is 10.1. The number of H-pyrrole nitrogens is 1. The summed E-state index contributed by atoms with van der Waals surface area (Å²) in [5.74, 6) is -0.864. The highest BCUT2D eigenvalue weighted by Crippen LogP contribution is 2.16. The van der Waals surface area contributed by atoms with Gasteiger partial charge in [0, 0.05) is 6.20 Å². The van der Waals surface area contributed by atoms with Gasteiger partial charge in [-0.3, -0.25) is 0 Å². The van der Waals surface area contributed by atoms with Crippen molar-refractivity contribution < 1.29 is 27.5 Å². The zero-order valence-corrected chi connectivity index (χ0v) is 17.2. The van der Waals surface area contributed by atoms with Gasteiger partial charge in [0.2, 0.25) is 0 Å². The largest absolute Gasteiger partial charge is 0.456 e. The lowest BCUT2D eigenvalue weighted by Gasteiger charge is -2.09. The standard InChI is InChI=1S/C20H18N2O6S.ClH/c23-19(27-13-15-7-3-1-4-8-15)18-17(11-12-21-18)29(25,26)22-20(24)28-14-16-9-5-2-6-10-16;/h1-12,21H,13-14H2,(H,22,24);1H. The lowest BCUT2D eigenvalue weighted by molar-refractivity contribution is 0.0461. The van der Waals surface area contributed by atoms with Gasteiger partial charge in [0.1, 0.15) is 23.8 Å². The molecular formula is C20H19ClN2O6S. The Morgan fingerprint density at radius 1 is 0.833 bits per heavy atom. The van der Waals surface area contributed by atoms with E-state index < -0.39 is 27.0 Å². The fraction of sp³-hybridized carbons (Fsp3) is 0.100. The fourth-order valence-corrected chi connectivity index (χ4v) is 3.50. The summed E-state index contributed by atoms with van der Waals surface area (Å²) in [6, 6.07) is 18.9. The number of nitrogens with one attached hydrogen (secondary N) is 2. The lowest BCUT2D eigenvalue weighted by Crippen LogP contribution is -2.32. The van der Waals surface area contributed by atoms with E-state index >= 15 is 0 Å². The second-order valence-electron chi connectivity index (χ2n) is 5.95. The third kappa shape index (κ3) is 6.10. The number of aromatic amines is 1. The summed E-state index contributed by atoms with van der Waals surface area (Å²) in [7, 11) is -4.34. The molecule has 2 N–H and O–H groups in total. The molecule has 1 amide bonds. The minimum atomic E-state index is -4.34. The average Bonchev–Trinajstić information content (AvgIpc) is 3.23. The van der Waals surface area contributed by atoms with Gasteiger partial charge >= 0.3 is 12.1 Å². The van der Waals surface area contributed by atoms with Crippen molar-refractivity contribution in [1.82, 2.24) is 9.71 Å². The Labute approximate surface area is 179 Å². The van der Waals surface area contributed by atoms with Crippen LogP contribution in [-0.4, -0.2) is 25.5 Å². The number of carbonyl (C=O) groups excluding carboxylic acids is 2. The smallest absolute Gasteiger partial charge is 0.421 e. The molecule has 8 nitrogen and oxygen atoms in total. The van der Waals surface area contributed by atoms with Crippen LogP contribution in [0.2, 0.25) is 0 Å². The maximum Gasteiger partial charge on any atom is 0.421 e. The summed E-state index contributed by atoms with van der Waals surface area (Å²) in [4.78, 5) is 26.3. The van der Waals surface area contributed by atoms with Crippen molar-refractivity contribution in [3.05, 3.63) is 89.7 Å². The van der Waals surface area contributed by atoms with E-state index in [4.69, 9.17) is 9.47 Å². The number of ether oxygens (including phenoxy) is 2. The van der Waals surface area contributed by atoms with Crippen molar-refractivity contribution in [3.63, 3.8) is 0 Å². The molecule has 30 heavy (non-hydrogen) atoms. The molecule has 0 saturated carbocycles. The summed E-state index contributed by atoms with van der Waals surface area (Å²) in [5.41, 5.74) is 1.16. The van der Waals surface area contributed by atoms with Crippen LogP contribution in [0.1, 0.15) is 21.6 Å². The van der Waals surface area contributed by atoms with Gasteiger partial charge in [0.15, 0.2) is 0 Å². The number of aromatic nitrogens is 1. The molecule has 0 unspecified atom stereocenters. The number of hydrogen-bond acceptors (Lipinski definition) is 6. The number of carbonyl (C=O) groups is 2. The Morgan fingerprint density at radius 3 is 1.93 bits per heavy atom. The number of hydrogen-bond donors (Lipinski definition) is 2. The van der Waals surface area contributed by atoms with E-state index in [0.29, 0.717) is 5.56 Å². The van der Waals surface area contributed by atoms with Gasteiger partial charge in [-0.2, -0.15) is 0 Å². The molecule has 1 aromatic heterocycles. The van der Waals surface area contributed by atoms with Gasteiger partial charge in [-0.05, 0) is 17.2 Å². The second kappa shape index (κ2) is 10.5. The van der Waals surface area contributed by atoms with Crippen LogP contribution in [-0.2, 0) is 32.7 Å². The average molecular weight is 451 g/mol. The highest BCUT2D eigenvalue weighted by atomic mass is 35.5. The normalized spacial score (nSPS) is 10.5. The third-order valence-corrected chi connectivity index (χ3v) is 5.20. The van der Waals surface area contributed by atoms with E-state index in [1.807, 2.05) is 6.07 Å². The highest BCUT2D eigenvalue weighted by Gasteiger charge is 2.27. The van der Waals surface area contributed by atoms with Crippen molar-refractivity contribution in [2.45, 2.75) is 18.1 Å². The van der Waals surface area contributed by atoms with Gasteiger partial charge in [0.25, 0.3) is 10.0 Å². The van der Waals surface area contributed by atoms with Crippen molar-refractivity contribution in [3.8, 4) is 0 Å². The minimum absolute atomic E-state index is 0. The zero-order valence-electron chi connectivity index (χ0n) is 15.6. The monoisotopic (exact) mass is 450 g/mol. The number of halogens is 1. The van der Waals surface area contributed by atoms with E-state index in [9.17, 15) is 18.0 Å². The molecule has 10 heteroatoms. The molecule has 0 saturated heterocycles.